The quantitative estimate of drug-likeness (QED) is 0.321. The van der Waals surface area contributed by atoms with Crippen LogP contribution in [-0.4, -0.2) is 0 Å². The summed E-state index contributed by atoms with van der Waals surface area (Å²) < 4.78 is 0. The van der Waals surface area contributed by atoms with E-state index in [1.54, 1.807) is 0 Å². The van der Waals surface area contributed by atoms with E-state index in [0.717, 1.165) is 12.8 Å². The van der Waals surface area contributed by atoms with Crippen LogP contribution < -0.4 is 0 Å². The number of hydrogen-bond donors (Lipinski definition) is 0. The Balaban J connectivity index is -0.000000117. The van der Waals surface area contributed by atoms with Crippen LogP contribution >= 0.6 is 0 Å². The Bertz CT molecular complexity index is 282. The summed E-state index contributed by atoms with van der Waals surface area (Å²) in [7, 11) is 0. The zero-order valence-electron chi connectivity index (χ0n) is 18.4. The number of unbranched alkanes of at least 4 members (excludes halogenated alkanes) is 4. The summed E-state index contributed by atoms with van der Waals surface area (Å²) in [5.41, 5.74) is 2.86. The molecule has 144 valence electrons. The van der Waals surface area contributed by atoms with Gasteiger partial charge in [0, 0.05) is 0 Å². The van der Waals surface area contributed by atoms with Crippen molar-refractivity contribution in [3.8, 4) is 0 Å². The number of rotatable bonds is 7. The van der Waals surface area contributed by atoms with Crippen LogP contribution in [0, 0.1) is 5.41 Å². The van der Waals surface area contributed by atoms with Gasteiger partial charge in [-0.3, -0.25) is 0 Å². The molecule has 0 N–H and O–H groups in total. The molecule has 0 spiro atoms. The van der Waals surface area contributed by atoms with Crippen LogP contribution in [0.25, 0.3) is 0 Å². The Hall–Kier alpha value is -1.04. The summed E-state index contributed by atoms with van der Waals surface area (Å²) in [4.78, 5) is 0. The molecule has 0 aromatic carbocycles. The number of allylic oxidation sites excluding steroid dienone is 4. The molecular formula is C24H48. The van der Waals surface area contributed by atoms with Gasteiger partial charge in [0.2, 0.25) is 0 Å². The van der Waals surface area contributed by atoms with E-state index in [2.05, 4.69) is 67.9 Å². The van der Waals surface area contributed by atoms with Crippen molar-refractivity contribution in [2.75, 3.05) is 0 Å². The molecule has 0 amide bonds. The predicted octanol–water partition coefficient (Wildman–Crippen LogP) is 9.31. The van der Waals surface area contributed by atoms with E-state index in [1.807, 2.05) is 26.0 Å². The van der Waals surface area contributed by atoms with Gasteiger partial charge in [0.15, 0.2) is 0 Å². The molecule has 0 atom stereocenters. The molecule has 0 saturated heterocycles. The summed E-state index contributed by atoms with van der Waals surface area (Å²) in [5.74, 6) is 0. The second kappa shape index (κ2) is 24.2. The summed E-state index contributed by atoms with van der Waals surface area (Å²) in [6, 6.07) is 0. The smallest absolute Gasteiger partial charge is 0.0277 e. The predicted molar refractivity (Wildman–Crippen MR) is 119 cm³/mol. The third kappa shape index (κ3) is 84.2. The largest absolute Gasteiger partial charge is 0.103 e. The summed E-state index contributed by atoms with van der Waals surface area (Å²) in [6.45, 7) is 31.5. The molecule has 0 nitrogen and oxygen atoms in total. The zero-order valence-corrected chi connectivity index (χ0v) is 18.4. The normalized spacial score (nSPS) is 9.00. The van der Waals surface area contributed by atoms with Crippen molar-refractivity contribution in [1.82, 2.24) is 0 Å². The highest BCUT2D eigenvalue weighted by Gasteiger charge is 2.08. The van der Waals surface area contributed by atoms with E-state index in [4.69, 9.17) is 0 Å². The highest BCUT2D eigenvalue weighted by Crippen LogP contribution is 2.22. The molecule has 0 aliphatic rings. The van der Waals surface area contributed by atoms with Gasteiger partial charge in [0.25, 0.3) is 0 Å². The molecule has 0 bridgehead atoms. The highest BCUT2D eigenvalue weighted by molar-refractivity contribution is 4.92. The van der Waals surface area contributed by atoms with E-state index >= 15 is 0 Å². The first-order chi connectivity index (χ1) is 11.0. The first kappa shape index (κ1) is 30.8. The monoisotopic (exact) mass is 336 g/mol. The molecule has 0 heterocycles. The molecule has 24 heavy (non-hydrogen) atoms. The lowest BCUT2D eigenvalue weighted by atomic mass is 9.89. The standard InChI is InChI=1S/2C8H16.2C4H8/c1-7(2)6-8(3,4)5;1-3-5-7-8-6-4-2;1-4(2)3;1-3-4-2/h1,6H2,2-5H3;3H,1,4-8H2,2H3;1H2,2-3H3;3H,1,4H2,2H3. The minimum atomic E-state index is 0.422. The van der Waals surface area contributed by atoms with E-state index in [-0.39, 0.29) is 0 Å². The third-order valence-corrected chi connectivity index (χ3v) is 2.38. The molecular weight excluding hydrogens is 288 g/mol. The van der Waals surface area contributed by atoms with Crippen molar-refractivity contribution >= 4 is 0 Å². The molecule has 0 aliphatic carbocycles. The Labute approximate surface area is 155 Å². The van der Waals surface area contributed by atoms with Gasteiger partial charge in [-0.2, -0.15) is 0 Å². The zero-order chi connectivity index (χ0) is 20.0. The van der Waals surface area contributed by atoms with Crippen LogP contribution in [0.1, 0.15) is 100 Å². The van der Waals surface area contributed by atoms with E-state index < -0.39 is 0 Å². The first-order valence-corrected chi connectivity index (χ1v) is 9.46. The summed E-state index contributed by atoms with van der Waals surface area (Å²) in [5, 5.41) is 0. The average Bonchev–Trinajstić information content (AvgIpc) is 2.41. The molecule has 0 aliphatic heterocycles. The Kier molecular flexibility index (Phi) is 31.1. The van der Waals surface area contributed by atoms with Crippen molar-refractivity contribution in [1.29, 1.82) is 0 Å². The van der Waals surface area contributed by atoms with Crippen molar-refractivity contribution in [3.05, 3.63) is 49.6 Å². The lowest BCUT2D eigenvalue weighted by molar-refractivity contribution is 0.410. The van der Waals surface area contributed by atoms with Crippen LogP contribution in [0.3, 0.4) is 0 Å². The van der Waals surface area contributed by atoms with Crippen molar-refractivity contribution in [3.63, 3.8) is 0 Å². The second-order valence-corrected chi connectivity index (χ2v) is 7.74. The summed E-state index contributed by atoms with van der Waals surface area (Å²) >= 11 is 0. The molecule has 0 unspecified atom stereocenters. The van der Waals surface area contributed by atoms with Gasteiger partial charge < -0.3 is 0 Å². The maximum absolute atomic E-state index is 3.84. The fraction of sp³-hybridized carbons (Fsp3) is 0.667. The van der Waals surface area contributed by atoms with Crippen LogP contribution in [0.2, 0.25) is 0 Å². The fourth-order valence-corrected chi connectivity index (χ4v) is 1.62. The molecule has 0 radical (unpaired) electrons. The molecule has 0 saturated carbocycles. The molecule has 0 fully saturated rings. The van der Waals surface area contributed by atoms with Crippen LogP contribution in [0.5, 0.6) is 0 Å². The second-order valence-electron chi connectivity index (χ2n) is 7.74. The number of hydrogen-bond acceptors (Lipinski definition) is 0. The topological polar surface area (TPSA) is 0 Å². The van der Waals surface area contributed by atoms with E-state index in [1.165, 1.54) is 43.3 Å². The maximum Gasteiger partial charge on any atom is -0.0277 e. The molecule has 0 aromatic rings. The Morgan fingerprint density at radius 2 is 1.25 bits per heavy atom. The van der Waals surface area contributed by atoms with Crippen LogP contribution in [0.15, 0.2) is 49.6 Å². The van der Waals surface area contributed by atoms with Gasteiger partial charge in [0.05, 0.1) is 0 Å². The van der Waals surface area contributed by atoms with Gasteiger partial charge in [0.1, 0.15) is 0 Å². The summed E-state index contributed by atoms with van der Waals surface area (Å²) in [6.07, 6.45) is 12.7. The minimum Gasteiger partial charge on any atom is -0.103 e. The minimum absolute atomic E-state index is 0.422. The van der Waals surface area contributed by atoms with Gasteiger partial charge in [-0.25, -0.2) is 0 Å². The van der Waals surface area contributed by atoms with E-state index in [0.29, 0.717) is 5.41 Å². The van der Waals surface area contributed by atoms with Crippen molar-refractivity contribution < 1.29 is 0 Å². The SMILES string of the molecule is C=C(C)C.C=C(C)CC(C)(C)C.C=CCC.C=CCCCCCC. The molecule has 0 heteroatoms. The fourth-order valence-electron chi connectivity index (χ4n) is 1.62. The third-order valence-electron chi connectivity index (χ3n) is 2.38. The van der Waals surface area contributed by atoms with Gasteiger partial charge in [-0.1, -0.05) is 77.2 Å². The van der Waals surface area contributed by atoms with Crippen molar-refractivity contribution in [2.45, 2.75) is 100 Å². The average molecular weight is 337 g/mol. The van der Waals surface area contributed by atoms with Gasteiger partial charge in [-0.15, -0.1) is 26.3 Å². The Morgan fingerprint density at radius 1 is 0.833 bits per heavy atom. The lowest BCUT2D eigenvalue weighted by Gasteiger charge is -2.17. The highest BCUT2D eigenvalue weighted by atomic mass is 14.1. The molecule has 0 aromatic heterocycles. The van der Waals surface area contributed by atoms with Crippen LogP contribution in [0.4, 0.5) is 0 Å². The van der Waals surface area contributed by atoms with Gasteiger partial charge in [-0.05, 0) is 51.9 Å². The van der Waals surface area contributed by atoms with Gasteiger partial charge >= 0.3 is 0 Å². The Morgan fingerprint density at radius 3 is 1.42 bits per heavy atom. The maximum atomic E-state index is 3.84. The van der Waals surface area contributed by atoms with E-state index in [9.17, 15) is 0 Å². The lowest BCUT2D eigenvalue weighted by Crippen LogP contribution is -2.03. The first-order valence-electron chi connectivity index (χ1n) is 9.46. The van der Waals surface area contributed by atoms with Crippen LogP contribution in [-0.2, 0) is 0 Å². The van der Waals surface area contributed by atoms with Crippen molar-refractivity contribution in [2.24, 2.45) is 5.41 Å². The molecule has 0 rings (SSSR count).